The number of carbonyl (C=O) groups excluding carboxylic acids is 1. The summed E-state index contributed by atoms with van der Waals surface area (Å²) in [5.74, 6) is -0.433. The van der Waals surface area contributed by atoms with Crippen LogP contribution in [-0.4, -0.2) is 16.2 Å². The van der Waals surface area contributed by atoms with E-state index in [-0.39, 0.29) is 22.8 Å². The number of unbranched alkanes of at least 4 members (excludes halogenated alkanes) is 34. The molecule has 0 aliphatic carbocycles. The predicted octanol–water partition coefficient (Wildman–Crippen LogP) is 17.5. The highest BCUT2D eigenvalue weighted by atomic mass is 16.5. The van der Waals surface area contributed by atoms with Crippen molar-refractivity contribution >= 4 is 5.97 Å². The summed E-state index contributed by atoms with van der Waals surface area (Å²) < 4.78 is 5.64. The number of benzene rings is 2. The monoisotopic (exact) mass is 791 g/mol. The number of esters is 1. The molecule has 0 atom stereocenters. The Labute approximate surface area is 352 Å². The number of rotatable bonds is 40. The maximum atomic E-state index is 13.1. The van der Waals surface area contributed by atoms with Crippen LogP contribution >= 0.6 is 0 Å². The second kappa shape index (κ2) is 36.6. The van der Waals surface area contributed by atoms with E-state index in [1.165, 1.54) is 205 Å². The van der Waals surface area contributed by atoms with Crippen molar-refractivity contribution in [1.29, 1.82) is 0 Å². The molecule has 0 fully saturated rings. The van der Waals surface area contributed by atoms with Crippen LogP contribution in [0.2, 0.25) is 0 Å². The van der Waals surface area contributed by atoms with Gasteiger partial charge in [0, 0.05) is 0 Å². The van der Waals surface area contributed by atoms with Crippen LogP contribution in [-0.2, 0) is 12.8 Å². The van der Waals surface area contributed by atoms with Gasteiger partial charge in [-0.1, -0.05) is 256 Å². The lowest BCUT2D eigenvalue weighted by molar-refractivity contribution is 0.0726. The number of para-hydroxylation sites is 2. The average molecular weight is 791 g/mol. The third kappa shape index (κ3) is 26.3. The Balaban J connectivity index is 1.51. The summed E-state index contributed by atoms with van der Waals surface area (Å²) in [4.78, 5) is 13.1. The molecule has 0 spiro atoms. The fourth-order valence-corrected chi connectivity index (χ4v) is 8.40. The molecule has 57 heavy (non-hydrogen) atoms. The predicted molar refractivity (Wildman–Crippen MR) is 246 cm³/mol. The number of aryl methyl sites for hydroxylation is 2. The summed E-state index contributed by atoms with van der Waals surface area (Å²) in [5, 5.41) is 21.9. The van der Waals surface area contributed by atoms with Gasteiger partial charge in [0.05, 0.1) is 0 Å². The van der Waals surface area contributed by atoms with Gasteiger partial charge in [-0.25, -0.2) is 4.79 Å². The zero-order valence-electron chi connectivity index (χ0n) is 37.5. The fraction of sp³-hybridized carbons (Fsp3) is 0.755. The summed E-state index contributed by atoms with van der Waals surface area (Å²) in [7, 11) is 0. The number of phenolic OH excluding ortho intramolecular Hbond substituents is 2. The summed E-state index contributed by atoms with van der Waals surface area (Å²) in [5.41, 5.74) is 1.75. The van der Waals surface area contributed by atoms with Gasteiger partial charge < -0.3 is 14.9 Å². The van der Waals surface area contributed by atoms with Crippen molar-refractivity contribution in [2.75, 3.05) is 0 Å². The van der Waals surface area contributed by atoms with Crippen LogP contribution in [0.25, 0.3) is 0 Å². The lowest BCUT2D eigenvalue weighted by Gasteiger charge is -2.12. The molecular formula is C53H90O4. The lowest BCUT2D eigenvalue weighted by atomic mass is 10.0. The van der Waals surface area contributed by atoms with Crippen LogP contribution in [0.15, 0.2) is 36.4 Å². The van der Waals surface area contributed by atoms with Gasteiger partial charge in [0.15, 0.2) is 11.5 Å². The molecule has 0 unspecified atom stereocenters. The molecule has 0 aliphatic rings. The zero-order chi connectivity index (χ0) is 40.9. The smallest absolute Gasteiger partial charge is 0.347 e. The van der Waals surface area contributed by atoms with E-state index in [4.69, 9.17) is 4.74 Å². The number of hydrogen-bond donors (Lipinski definition) is 2. The molecule has 4 nitrogen and oxygen atoms in total. The van der Waals surface area contributed by atoms with Crippen molar-refractivity contribution in [3.05, 3.63) is 53.1 Å². The maximum Gasteiger partial charge on any atom is 0.347 e. The molecule has 0 aromatic heterocycles. The van der Waals surface area contributed by atoms with E-state index in [0.717, 1.165) is 49.7 Å². The number of ether oxygens (including phenoxy) is 1. The summed E-state index contributed by atoms with van der Waals surface area (Å²) >= 11 is 0. The van der Waals surface area contributed by atoms with E-state index in [9.17, 15) is 15.0 Å². The highest BCUT2D eigenvalue weighted by Gasteiger charge is 2.19. The third-order valence-corrected chi connectivity index (χ3v) is 12.2. The Hall–Kier alpha value is -2.49. The minimum absolute atomic E-state index is 0.00363. The van der Waals surface area contributed by atoms with Crippen LogP contribution < -0.4 is 4.74 Å². The molecular weight excluding hydrogens is 701 g/mol. The maximum absolute atomic E-state index is 13.1. The zero-order valence-corrected chi connectivity index (χ0v) is 37.5. The molecule has 0 amide bonds. The Morgan fingerprint density at radius 2 is 0.667 bits per heavy atom. The summed E-state index contributed by atoms with van der Waals surface area (Å²) in [6, 6.07) is 10.7. The topological polar surface area (TPSA) is 66.8 Å². The SMILES string of the molecule is CCCCCCCCCCCCCCCCCCCCc1cccc(OC(=O)c2cccc(CCCCCCCCCCCCCCCCCCCC)c2O)c1O. The molecule has 0 heterocycles. The van der Waals surface area contributed by atoms with Gasteiger partial charge in [0.25, 0.3) is 0 Å². The fourth-order valence-electron chi connectivity index (χ4n) is 8.40. The number of phenols is 2. The van der Waals surface area contributed by atoms with Gasteiger partial charge in [0.2, 0.25) is 0 Å². The Morgan fingerprint density at radius 1 is 0.386 bits per heavy atom. The number of carbonyl (C=O) groups is 1. The largest absolute Gasteiger partial charge is 0.507 e. The van der Waals surface area contributed by atoms with Crippen molar-refractivity contribution in [1.82, 2.24) is 0 Å². The Bertz CT molecular complexity index is 1220. The summed E-state index contributed by atoms with van der Waals surface area (Å²) in [6.45, 7) is 4.57. The number of hydrogen-bond acceptors (Lipinski definition) is 4. The molecule has 0 aliphatic heterocycles. The summed E-state index contributed by atoms with van der Waals surface area (Å²) in [6.07, 6.45) is 49.9. The highest BCUT2D eigenvalue weighted by molar-refractivity contribution is 5.94. The van der Waals surface area contributed by atoms with Crippen LogP contribution in [0.3, 0.4) is 0 Å². The first-order valence-corrected chi connectivity index (χ1v) is 24.9. The minimum Gasteiger partial charge on any atom is -0.507 e. The van der Waals surface area contributed by atoms with E-state index in [1.54, 1.807) is 12.1 Å². The van der Waals surface area contributed by atoms with Gasteiger partial charge in [-0.3, -0.25) is 0 Å². The lowest BCUT2D eigenvalue weighted by Crippen LogP contribution is -2.10. The average Bonchev–Trinajstić information content (AvgIpc) is 3.21. The third-order valence-electron chi connectivity index (χ3n) is 12.2. The highest BCUT2D eigenvalue weighted by Crippen LogP contribution is 2.33. The standard InChI is InChI=1S/C53H90O4/c1-3-5-7-9-11-13-15-17-19-21-23-25-27-29-31-33-35-37-41-47-43-39-45-49(51(47)54)53(56)57-50-46-40-44-48(52(50)55)42-38-36-34-32-30-28-26-24-22-20-18-16-14-12-10-8-6-4-2/h39-40,43-46,54-55H,3-38,41-42H2,1-2H3. The van der Waals surface area contributed by atoms with Crippen molar-refractivity contribution in [3.8, 4) is 17.2 Å². The van der Waals surface area contributed by atoms with E-state index < -0.39 is 5.97 Å². The van der Waals surface area contributed by atoms with Crippen LogP contribution in [0.5, 0.6) is 17.2 Å². The van der Waals surface area contributed by atoms with E-state index in [1.807, 2.05) is 24.3 Å². The molecule has 0 radical (unpaired) electrons. The number of aromatic hydroxyl groups is 2. The Morgan fingerprint density at radius 3 is 1.00 bits per heavy atom. The first-order valence-electron chi connectivity index (χ1n) is 24.9. The first-order chi connectivity index (χ1) is 28.1. The molecule has 0 bridgehead atoms. The van der Waals surface area contributed by atoms with Crippen LogP contribution in [0.4, 0.5) is 0 Å². The van der Waals surface area contributed by atoms with Crippen molar-refractivity contribution in [2.45, 2.75) is 258 Å². The van der Waals surface area contributed by atoms with Crippen molar-refractivity contribution in [3.63, 3.8) is 0 Å². The van der Waals surface area contributed by atoms with Gasteiger partial charge in [-0.2, -0.15) is 0 Å². The van der Waals surface area contributed by atoms with Gasteiger partial charge in [-0.05, 0) is 48.9 Å². The first kappa shape index (κ1) is 50.7. The molecule has 2 rings (SSSR count). The van der Waals surface area contributed by atoms with Gasteiger partial charge >= 0.3 is 5.97 Å². The quantitative estimate of drug-likeness (QED) is 0.0401. The van der Waals surface area contributed by atoms with Crippen LogP contribution in [0.1, 0.15) is 266 Å². The molecule has 4 heteroatoms. The Kier molecular flexibility index (Phi) is 32.5. The molecule has 326 valence electrons. The normalized spacial score (nSPS) is 11.4. The minimum atomic E-state index is -0.632. The van der Waals surface area contributed by atoms with Crippen LogP contribution in [0, 0.1) is 0 Å². The van der Waals surface area contributed by atoms with Crippen molar-refractivity contribution < 1.29 is 19.7 Å². The second-order valence-electron chi connectivity index (χ2n) is 17.5. The molecule has 2 aromatic carbocycles. The van der Waals surface area contributed by atoms with Gasteiger partial charge in [-0.15, -0.1) is 0 Å². The molecule has 0 saturated carbocycles. The van der Waals surface area contributed by atoms with Gasteiger partial charge in [0.1, 0.15) is 11.3 Å². The van der Waals surface area contributed by atoms with E-state index >= 15 is 0 Å². The second-order valence-corrected chi connectivity index (χ2v) is 17.5. The molecule has 2 N–H and O–H groups in total. The van der Waals surface area contributed by atoms with E-state index in [0.29, 0.717) is 0 Å². The van der Waals surface area contributed by atoms with E-state index in [2.05, 4.69) is 13.8 Å². The van der Waals surface area contributed by atoms with Crippen molar-refractivity contribution in [2.24, 2.45) is 0 Å². The molecule has 0 saturated heterocycles. The molecule has 2 aromatic rings.